The molecule has 1 aliphatic heterocycles. The molecule has 0 aliphatic carbocycles. The van der Waals surface area contributed by atoms with Gasteiger partial charge in [0, 0.05) is 29.7 Å². The first-order chi connectivity index (χ1) is 10.0. The largest absolute Gasteiger partial charge is 0.550 e. The number of para-hydroxylation sites is 1. The monoisotopic (exact) mass is 287 g/mol. The molecule has 6 nitrogen and oxygen atoms in total. The Labute approximate surface area is 120 Å². The molecule has 1 atom stereocenters. The summed E-state index contributed by atoms with van der Waals surface area (Å²) in [5.74, 6) is -2.52. The van der Waals surface area contributed by atoms with Gasteiger partial charge in [0.15, 0.2) is 5.54 Å². The number of quaternary nitrogens is 1. The molecule has 0 unspecified atom stereocenters. The molecule has 1 aromatic carbocycles. The van der Waals surface area contributed by atoms with Gasteiger partial charge in [-0.2, -0.15) is 0 Å². The summed E-state index contributed by atoms with van der Waals surface area (Å²) in [7, 11) is 0. The van der Waals surface area contributed by atoms with Crippen molar-refractivity contribution < 1.29 is 25.1 Å². The molecular formula is C15H15N2O4-. The second kappa shape index (κ2) is 4.89. The SMILES string of the molecule is O=C([O-])CC[C@@]1(C(=O)[O-])[NH2+]CCc2c1[nH]c1ccccc21. The summed E-state index contributed by atoms with van der Waals surface area (Å²) in [5.41, 5.74) is 0.968. The lowest BCUT2D eigenvalue weighted by atomic mass is 9.83. The Morgan fingerprint density at radius 3 is 2.76 bits per heavy atom. The molecule has 0 fully saturated rings. The van der Waals surface area contributed by atoms with Gasteiger partial charge in [-0.25, -0.2) is 0 Å². The molecule has 0 amide bonds. The second-order valence-electron chi connectivity index (χ2n) is 5.40. The lowest BCUT2D eigenvalue weighted by molar-refractivity contribution is -0.733. The number of hydrogen-bond acceptors (Lipinski definition) is 4. The number of aromatic nitrogens is 1. The number of carboxylic acid groups (broad SMARTS) is 2. The summed E-state index contributed by atoms with van der Waals surface area (Å²) in [6.45, 7) is 0.579. The zero-order valence-corrected chi connectivity index (χ0v) is 11.3. The van der Waals surface area contributed by atoms with Gasteiger partial charge in [0.2, 0.25) is 0 Å². The summed E-state index contributed by atoms with van der Waals surface area (Å²) >= 11 is 0. The van der Waals surface area contributed by atoms with Crippen LogP contribution in [0.2, 0.25) is 0 Å². The van der Waals surface area contributed by atoms with E-state index in [-0.39, 0.29) is 12.8 Å². The molecule has 0 saturated heterocycles. The molecule has 1 aliphatic rings. The number of nitrogens with two attached hydrogens (primary N) is 1. The average Bonchev–Trinajstić information content (AvgIpc) is 2.84. The van der Waals surface area contributed by atoms with Crippen molar-refractivity contribution in [2.24, 2.45) is 0 Å². The number of carbonyl (C=O) groups excluding carboxylic acids is 2. The molecule has 1 aromatic heterocycles. The maximum absolute atomic E-state index is 11.8. The first-order valence-corrected chi connectivity index (χ1v) is 6.90. The van der Waals surface area contributed by atoms with Crippen LogP contribution in [-0.2, 0) is 21.5 Å². The zero-order chi connectivity index (χ0) is 15.0. The summed E-state index contributed by atoms with van der Waals surface area (Å²) in [4.78, 5) is 25.6. The van der Waals surface area contributed by atoms with Crippen LogP contribution in [0.4, 0.5) is 0 Å². The Bertz CT molecular complexity index is 722. The Morgan fingerprint density at radius 2 is 2.05 bits per heavy atom. The number of rotatable bonds is 4. The van der Waals surface area contributed by atoms with E-state index in [0.29, 0.717) is 12.2 Å². The smallest absolute Gasteiger partial charge is 0.177 e. The normalized spacial score (nSPS) is 21.1. The second-order valence-corrected chi connectivity index (χ2v) is 5.40. The minimum atomic E-state index is -1.38. The van der Waals surface area contributed by atoms with E-state index in [0.717, 1.165) is 22.9 Å². The number of aliphatic carboxylic acids is 2. The maximum atomic E-state index is 11.8. The molecule has 0 saturated carbocycles. The van der Waals surface area contributed by atoms with Gasteiger partial charge in [-0.05, 0) is 18.1 Å². The Morgan fingerprint density at radius 1 is 1.29 bits per heavy atom. The van der Waals surface area contributed by atoms with Crippen molar-refractivity contribution in [3.05, 3.63) is 35.5 Å². The van der Waals surface area contributed by atoms with E-state index in [1.807, 2.05) is 24.3 Å². The van der Waals surface area contributed by atoms with Gasteiger partial charge in [-0.1, -0.05) is 18.2 Å². The van der Waals surface area contributed by atoms with Crippen molar-refractivity contribution in [1.82, 2.24) is 4.98 Å². The van der Waals surface area contributed by atoms with Gasteiger partial charge in [0.25, 0.3) is 0 Å². The van der Waals surface area contributed by atoms with Crippen LogP contribution in [0.15, 0.2) is 24.3 Å². The molecule has 0 spiro atoms. The van der Waals surface area contributed by atoms with Crippen LogP contribution in [0.25, 0.3) is 10.9 Å². The van der Waals surface area contributed by atoms with Gasteiger partial charge < -0.3 is 30.1 Å². The minimum absolute atomic E-state index is 0.0580. The fraction of sp³-hybridized carbons (Fsp3) is 0.333. The van der Waals surface area contributed by atoms with E-state index < -0.39 is 17.5 Å². The first kappa shape index (κ1) is 13.6. The number of carboxylic acids is 2. The van der Waals surface area contributed by atoms with Crippen LogP contribution < -0.4 is 15.5 Å². The van der Waals surface area contributed by atoms with E-state index in [1.165, 1.54) is 0 Å². The third-order valence-corrected chi connectivity index (χ3v) is 4.23. The van der Waals surface area contributed by atoms with Crippen molar-refractivity contribution in [2.75, 3.05) is 6.54 Å². The molecule has 110 valence electrons. The average molecular weight is 287 g/mol. The third kappa shape index (κ3) is 2.08. The zero-order valence-electron chi connectivity index (χ0n) is 11.3. The molecule has 2 aromatic rings. The topological polar surface area (TPSA) is 113 Å². The van der Waals surface area contributed by atoms with Crippen molar-refractivity contribution in [3.8, 4) is 0 Å². The molecule has 21 heavy (non-hydrogen) atoms. The Hall–Kier alpha value is -2.34. The number of benzene rings is 1. The summed E-state index contributed by atoms with van der Waals surface area (Å²) in [6, 6.07) is 7.59. The number of H-pyrrole nitrogens is 1. The van der Waals surface area contributed by atoms with Crippen molar-refractivity contribution in [3.63, 3.8) is 0 Å². The van der Waals surface area contributed by atoms with E-state index in [1.54, 1.807) is 5.32 Å². The van der Waals surface area contributed by atoms with E-state index in [4.69, 9.17) is 0 Å². The van der Waals surface area contributed by atoms with Crippen LogP contribution in [0.3, 0.4) is 0 Å². The van der Waals surface area contributed by atoms with Crippen LogP contribution >= 0.6 is 0 Å². The molecule has 0 bridgehead atoms. The number of carbonyl (C=O) groups is 2. The highest BCUT2D eigenvalue weighted by Gasteiger charge is 2.43. The molecule has 3 N–H and O–H groups in total. The van der Waals surface area contributed by atoms with Gasteiger partial charge in [-0.3, -0.25) is 0 Å². The van der Waals surface area contributed by atoms with Crippen LogP contribution in [0, 0.1) is 0 Å². The minimum Gasteiger partial charge on any atom is -0.550 e. The molecule has 3 rings (SSSR count). The highest BCUT2D eigenvalue weighted by Crippen LogP contribution is 2.32. The number of fused-ring (bicyclic) bond motifs is 3. The summed E-state index contributed by atoms with van der Waals surface area (Å²) < 4.78 is 0. The number of aromatic amines is 1. The predicted molar refractivity (Wildman–Crippen MR) is 69.7 cm³/mol. The fourth-order valence-electron chi connectivity index (χ4n) is 3.22. The van der Waals surface area contributed by atoms with Gasteiger partial charge in [0.1, 0.15) is 5.97 Å². The van der Waals surface area contributed by atoms with Crippen LogP contribution in [0.5, 0.6) is 0 Å². The molecule has 6 heteroatoms. The maximum Gasteiger partial charge on any atom is 0.177 e. The lowest BCUT2D eigenvalue weighted by Gasteiger charge is -2.35. The molecule has 0 radical (unpaired) electrons. The first-order valence-electron chi connectivity index (χ1n) is 6.90. The third-order valence-electron chi connectivity index (χ3n) is 4.23. The van der Waals surface area contributed by atoms with E-state index in [9.17, 15) is 19.8 Å². The Kier molecular flexibility index (Phi) is 3.17. The molecular weight excluding hydrogens is 272 g/mol. The fourth-order valence-corrected chi connectivity index (χ4v) is 3.22. The number of nitrogens with one attached hydrogen (secondary N) is 1. The molecule has 2 heterocycles. The van der Waals surface area contributed by atoms with Gasteiger partial charge in [0.05, 0.1) is 12.2 Å². The standard InChI is InChI=1S/C15H16N2O4/c18-12(19)5-7-15(14(20)21)13-10(6-8-16-15)9-3-1-2-4-11(9)17-13/h1-4,16-17H,5-8H2,(H,18,19)(H,20,21)/p-1/t15-/m1/s1. The number of hydrogen-bond donors (Lipinski definition) is 2. The highest BCUT2D eigenvalue weighted by molar-refractivity contribution is 5.88. The lowest BCUT2D eigenvalue weighted by Crippen LogP contribution is -3.00. The Balaban J connectivity index is 2.16. The van der Waals surface area contributed by atoms with Crippen LogP contribution in [-0.4, -0.2) is 23.5 Å². The van der Waals surface area contributed by atoms with E-state index in [2.05, 4.69) is 4.98 Å². The van der Waals surface area contributed by atoms with Crippen molar-refractivity contribution in [2.45, 2.75) is 24.8 Å². The van der Waals surface area contributed by atoms with Gasteiger partial charge in [-0.15, -0.1) is 0 Å². The summed E-state index contributed by atoms with van der Waals surface area (Å²) in [6.07, 6.45) is 0.358. The van der Waals surface area contributed by atoms with E-state index >= 15 is 0 Å². The quantitative estimate of drug-likeness (QED) is 0.662. The summed E-state index contributed by atoms with van der Waals surface area (Å²) in [5, 5.41) is 25.1. The van der Waals surface area contributed by atoms with Gasteiger partial charge >= 0.3 is 0 Å². The van der Waals surface area contributed by atoms with Crippen molar-refractivity contribution >= 4 is 22.8 Å². The van der Waals surface area contributed by atoms with Crippen LogP contribution in [0.1, 0.15) is 24.1 Å². The van der Waals surface area contributed by atoms with Crippen molar-refractivity contribution in [1.29, 1.82) is 0 Å². The highest BCUT2D eigenvalue weighted by atomic mass is 16.4. The predicted octanol–water partition coefficient (Wildman–Crippen LogP) is -2.24.